The van der Waals surface area contributed by atoms with Crippen LogP contribution in [0.25, 0.3) is 21.2 Å². The van der Waals surface area contributed by atoms with Crippen molar-refractivity contribution in [2.45, 2.75) is 67.1 Å². The van der Waals surface area contributed by atoms with Crippen LogP contribution in [0.2, 0.25) is 0 Å². The van der Waals surface area contributed by atoms with Gasteiger partial charge in [-0.15, -0.1) is 11.3 Å². The average molecular weight is 587 g/mol. The van der Waals surface area contributed by atoms with Gasteiger partial charge in [-0.3, -0.25) is 4.99 Å². The lowest BCUT2D eigenvalue weighted by atomic mass is 9.84. The second kappa shape index (κ2) is 12.2. The third-order valence-corrected chi connectivity index (χ3v) is 9.35. The van der Waals surface area contributed by atoms with E-state index in [1.807, 2.05) is 0 Å². The topological polar surface area (TPSA) is 111 Å². The zero-order valence-corrected chi connectivity index (χ0v) is 25.9. The van der Waals surface area contributed by atoms with Gasteiger partial charge >= 0.3 is 0 Å². The molecule has 0 spiro atoms. The highest BCUT2D eigenvalue weighted by molar-refractivity contribution is 7.23. The molecule has 1 atom stereocenters. The SMILES string of the molecule is CCC/C=C(/NC(=NCC(C)=N)c1c(C)c(C)c(-c2ccc(F)c3sc(N)c(C#N)c23)c2c1COC2)N1CCC(C)C1. The molecule has 1 fully saturated rings. The summed E-state index contributed by atoms with van der Waals surface area (Å²) in [5, 5.41) is 22.6. The summed E-state index contributed by atoms with van der Waals surface area (Å²) < 4.78 is 21.4. The molecule has 0 amide bonds. The number of allylic oxidation sites excluding steroid dienone is 1. The molecule has 42 heavy (non-hydrogen) atoms. The van der Waals surface area contributed by atoms with E-state index in [1.165, 1.54) is 6.07 Å². The first-order valence-electron chi connectivity index (χ1n) is 14.6. The summed E-state index contributed by atoms with van der Waals surface area (Å²) in [5.41, 5.74) is 13.8. The zero-order valence-electron chi connectivity index (χ0n) is 25.1. The predicted molar refractivity (Wildman–Crippen MR) is 171 cm³/mol. The van der Waals surface area contributed by atoms with Gasteiger partial charge in [-0.25, -0.2) is 4.39 Å². The average Bonchev–Trinajstić information content (AvgIpc) is 3.69. The van der Waals surface area contributed by atoms with Crippen molar-refractivity contribution in [3.05, 3.63) is 63.2 Å². The van der Waals surface area contributed by atoms with Gasteiger partial charge in [0.15, 0.2) is 0 Å². The number of ether oxygens (including phenoxy) is 1. The van der Waals surface area contributed by atoms with E-state index in [1.54, 1.807) is 13.0 Å². The minimum absolute atomic E-state index is 0.286. The van der Waals surface area contributed by atoms with Gasteiger partial charge in [-0.2, -0.15) is 5.26 Å². The second-order valence-corrected chi connectivity index (χ2v) is 12.5. The van der Waals surface area contributed by atoms with Crippen molar-refractivity contribution >= 4 is 38.0 Å². The molecule has 4 N–H and O–H groups in total. The van der Waals surface area contributed by atoms with Gasteiger partial charge in [0.1, 0.15) is 28.5 Å². The van der Waals surface area contributed by atoms with Gasteiger partial charge in [0.05, 0.1) is 30.0 Å². The van der Waals surface area contributed by atoms with Crippen LogP contribution in [0.1, 0.15) is 73.4 Å². The minimum Gasteiger partial charge on any atom is -0.389 e. The van der Waals surface area contributed by atoms with E-state index >= 15 is 0 Å². The Hall–Kier alpha value is -3.74. The Morgan fingerprint density at radius 1 is 1.31 bits per heavy atom. The number of aliphatic imine (C=N–C) groups is 1. The molecule has 1 saturated heterocycles. The molecule has 3 heterocycles. The molecule has 0 radical (unpaired) electrons. The summed E-state index contributed by atoms with van der Waals surface area (Å²) in [6, 6.07) is 5.43. The van der Waals surface area contributed by atoms with E-state index in [4.69, 9.17) is 20.9 Å². The molecule has 2 aliphatic heterocycles. The lowest BCUT2D eigenvalue weighted by Crippen LogP contribution is -2.36. The summed E-state index contributed by atoms with van der Waals surface area (Å²) in [4.78, 5) is 7.36. The lowest BCUT2D eigenvalue weighted by molar-refractivity contribution is 0.134. The highest BCUT2D eigenvalue weighted by atomic mass is 32.1. The first-order valence-corrected chi connectivity index (χ1v) is 15.4. The van der Waals surface area contributed by atoms with Gasteiger partial charge in [-0.05, 0) is 85.1 Å². The van der Waals surface area contributed by atoms with Crippen molar-refractivity contribution in [3.63, 3.8) is 0 Å². The van der Waals surface area contributed by atoms with Gasteiger partial charge < -0.3 is 26.1 Å². The standard InChI is InChI=1S/C33H39FN6OS/c1-6-7-8-27(40-12-11-18(2)15-40)39-33(38-14-19(3)36)29-21(5)20(4)28(24-16-41-17-25(24)29)22-9-10-26(34)31-30(22)23(13-35)32(37)42-31/h8-10,18,36H,6-7,11-12,14-17,37H2,1-5H3,(H,38,39)/b27-8-,36-19?. The molecule has 1 aromatic heterocycles. The molecule has 2 aromatic carbocycles. The summed E-state index contributed by atoms with van der Waals surface area (Å²) in [5.74, 6) is 2.04. The zero-order chi connectivity index (χ0) is 30.1. The molecular weight excluding hydrogens is 547 g/mol. The molecular formula is C33H39FN6OS. The maximum absolute atomic E-state index is 14.9. The molecule has 5 rings (SSSR count). The van der Waals surface area contributed by atoms with Crippen LogP contribution in [0.3, 0.4) is 0 Å². The molecule has 3 aromatic rings. The van der Waals surface area contributed by atoms with Gasteiger partial charge in [0.25, 0.3) is 0 Å². The fourth-order valence-corrected chi connectivity index (χ4v) is 7.04. The lowest BCUT2D eigenvalue weighted by Gasteiger charge is -2.27. The number of benzene rings is 2. The third-order valence-electron chi connectivity index (χ3n) is 8.32. The Kier molecular flexibility index (Phi) is 8.67. The first kappa shape index (κ1) is 29.7. The summed E-state index contributed by atoms with van der Waals surface area (Å²) >= 11 is 1.11. The van der Waals surface area contributed by atoms with Crippen LogP contribution in [0.15, 0.2) is 29.0 Å². The fraction of sp³-hybridized carbons (Fsp3) is 0.424. The number of hydrogen-bond donors (Lipinski definition) is 3. The Balaban J connectivity index is 1.71. The Morgan fingerprint density at radius 2 is 2.07 bits per heavy atom. The quantitative estimate of drug-likeness (QED) is 0.191. The largest absolute Gasteiger partial charge is 0.389 e. The van der Waals surface area contributed by atoms with Gasteiger partial charge in [-0.1, -0.05) is 26.3 Å². The smallest absolute Gasteiger partial charge is 0.141 e. The van der Waals surface area contributed by atoms with Crippen LogP contribution in [-0.2, 0) is 18.0 Å². The van der Waals surface area contributed by atoms with E-state index in [9.17, 15) is 9.65 Å². The molecule has 1 unspecified atom stereocenters. The van der Waals surface area contributed by atoms with Crippen molar-refractivity contribution in [1.29, 1.82) is 10.7 Å². The number of nitriles is 1. The van der Waals surface area contributed by atoms with Crippen LogP contribution in [-0.4, -0.2) is 36.1 Å². The van der Waals surface area contributed by atoms with E-state index in [2.05, 4.69) is 50.1 Å². The number of thiophene rings is 1. The molecule has 0 bridgehead atoms. The van der Waals surface area contributed by atoms with E-state index < -0.39 is 0 Å². The number of nitrogens with zero attached hydrogens (tertiary/aromatic N) is 3. The number of nitrogens with two attached hydrogens (primary N) is 1. The number of likely N-dealkylation sites (tertiary alicyclic amines) is 1. The number of fused-ring (bicyclic) bond motifs is 2. The number of hydrogen-bond acceptors (Lipinski definition) is 7. The van der Waals surface area contributed by atoms with Crippen molar-refractivity contribution in [2.75, 3.05) is 25.4 Å². The maximum Gasteiger partial charge on any atom is 0.141 e. The summed E-state index contributed by atoms with van der Waals surface area (Å²) in [7, 11) is 0. The number of nitrogen functional groups attached to an aromatic ring is 1. The van der Waals surface area contributed by atoms with E-state index in [0.717, 1.165) is 94.3 Å². The molecule has 2 aliphatic rings. The number of unbranched alkanes of at least 4 members (excludes halogenated alkanes) is 1. The van der Waals surface area contributed by atoms with E-state index in [-0.39, 0.29) is 12.4 Å². The van der Waals surface area contributed by atoms with Crippen LogP contribution in [0.4, 0.5) is 9.39 Å². The van der Waals surface area contributed by atoms with Crippen molar-refractivity contribution < 1.29 is 9.13 Å². The summed E-state index contributed by atoms with van der Waals surface area (Å²) in [6.45, 7) is 13.5. The highest BCUT2D eigenvalue weighted by Crippen LogP contribution is 2.46. The Labute approximate surface area is 251 Å². The number of rotatable bonds is 8. The Morgan fingerprint density at radius 3 is 2.74 bits per heavy atom. The van der Waals surface area contributed by atoms with Gasteiger partial charge in [0.2, 0.25) is 0 Å². The molecule has 0 aliphatic carbocycles. The van der Waals surface area contributed by atoms with E-state index in [0.29, 0.717) is 45.5 Å². The monoisotopic (exact) mass is 586 g/mol. The molecule has 0 saturated carbocycles. The first-order chi connectivity index (χ1) is 20.2. The fourth-order valence-electron chi connectivity index (χ4n) is 6.09. The van der Waals surface area contributed by atoms with Crippen LogP contribution < -0.4 is 11.1 Å². The van der Waals surface area contributed by atoms with Crippen molar-refractivity contribution in [1.82, 2.24) is 10.2 Å². The normalized spacial score (nSPS) is 17.2. The summed E-state index contributed by atoms with van der Waals surface area (Å²) in [6.07, 6.45) is 5.41. The van der Waals surface area contributed by atoms with Gasteiger partial charge in [0, 0.05) is 29.8 Å². The second-order valence-electron chi connectivity index (χ2n) is 11.5. The maximum atomic E-state index is 14.9. The number of halogens is 1. The third kappa shape index (κ3) is 5.41. The van der Waals surface area contributed by atoms with Crippen molar-refractivity contribution in [3.8, 4) is 17.2 Å². The molecule has 220 valence electrons. The number of anilines is 1. The predicted octanol–water partition coefficient (Wildman–Crippen LogP) is 7.17. The van der Waals surface area contributed by atoms with Crippen LogP contribution in [0, 0.1) is 42.3 Å². The number of nitrogens with one attached hydrogen (secondary N) is 2. The van der Waals surface area contributed by atoms with Crippen molar-refractivity contribution in [2.24, 2.45) is 10.9 Å². The molecule has 9 heteroatoms. The Bertz CT molecular complexity index is 1660. The van der Waals surface area contributed by atoms with Crippen LogP contribution >= 0.6 is 11.3 Å². The minimum atomic E-state index is -0.380. The highest BCUT2D eigenvalue weighted by Gasteiger charge is 2.30. The number of amidine groups is 1. The van der Waals surface area contributed by atoms with Crippen LogP contribution in [0.5, 0.6) is 0 Å². The molecule has 7 nitrogen and oxygen atoms in total.